The van der Waals surface area contributed by atoms with Gasteiger partial charge >= 0.3 is 0 Å². The third-order valence-corrected chi connectivity index (χ3v) is 4.09. The van der Waals surface area contributed by atoms with E-state index in [1.54, 1.807) is 0 Å². The number of aromatic nitrogens is 2. The Balaban J connectivity index is 0.00000361. The highest BCUT2D eigenvalue weighted by Gasteiger charge is 2.09. The number of thioether (sulfide) groups is 1. The molecule has 0 bridgehead atoms. The molecular weight excluding hydrogens is 296 g/mol. The molecule has 0 saturated heterocycles. The van der Waals surface area contributed by atoms with Crippen molar-refractivity contribution in [3.05, 3.63) is 11.7 Å². The molecule has 118 valence electrons. The van der Waals surface area contributed by atoms with Gasteiger partial charge in [0.2, 0.25) is 5.89 Å². The highest BCUT2D eigenvalue weighted by atomic mass is 35.5. The molecular formula is C13H27ClN4OS. The zero-order chi connectivity index (χ0) is 14.1. The van der Waals surface area contributed by atoms with Gasteiger partial charge in [0.25, 0.3) is 0 Å². The van der Waals surface area contributed by atoms with Gasteiger partial charge in [0, 0.05) is 24.8 Å². The Hall–Kier alpha value is -0.300. The fourth-order valence-corrected chi connectivity index (χ4v) is 2.52. The second kappa shape index (κ2) is 11.4. The quantitative estimate of drug-likeness (QED) is 0.667. The highest BCUT2D eigenvalue weighted by molar-refractivity contribution is 7.98. The van der Waals surface area contributed by atoms with Crippen LogP contribution in [0.4, 0.5) is 0 Å². The molecule has 0 fully saturated rings. The number of likely N-dealkylation sites (N-methyl/N-ethyl adjacent to an activating group) is 1. The van der Waals surface area contributed by atoms with E-state index in [1.165, 1.54) is 0 Å². The van der Waals surface area contributed by atoms with Gasteiger partial charge in [-0.25, -0.2) is 0 Å². The van der Waals surface area contributed by atoms with Crippen molar-refractivity contribution in [3.8, 4) is 0 Å². The van der Waals surface area contributed by atoms with E-state index < -0.39 is 0 Å². The summed E-state index contributed by atoms with van der Waals surface area (Å²) in [7, 11) is 1.94. The van der Waals surface area contributed by atoms with E-state index >= 15 is 0 Å². The monoisotopic (exact) mass is 322 g/mol. The maximum atomic E-state index is 5.25. The summed E-state index contributed by atoms with van der Waals surface area (Å²) in [6, 6.07) is 0.376. The number of hydrogen-bond acceptors (Lipinski definition) is 6. The zero-order valence-corrected chi connectivity index (χ0v) is 14.5. The Labute approximate surface area is 132 Å². The molecule has 1 aromatic heterocycles. The molecule has 20 heavy (non-hydrogen) atoms. The van der Waals surface area contributed by atoms with Crippen molar-refractivity contribution >= 4 is 24.2 Å². The van der Waals surface area contributed by atoms with E-state index in [9.17, 15) is 0 Å². The molecule has 0 saturated carbocycles. The second-order valence-electron chi connectivity index (χ2n) is 4.58. The average Bonchev–Trinajstić information content (AvgIpc) is 2.86. The summed E-state index contributed by atoms with van der Waals surface area (Å²) in [5.41, 5.74) is 0. The standard InChI is InChI=1S/C13H26N4OS.ClH/c1-5-17(6-2)7-8-19-10-13-15-12(16-18-13)9-11(3)14-4;/h11,14H,5-10H2,1-4H3;1H. The molecule has 0 radical (unpaired) electrons. The minimum atomic E-state index is 0. The van der Waals surface area contributed by atoms with Crippen molar-refractivity contribution < 1.29 is 4.52 Å². The van der Waals surface area contributed by atoms with E-state index in [0.29, 0.717) is 6.04 Å². The number of hydrogen-bond donors (Lipinski definition) is 1. The van der Waals surface area contributed by atoms with Crippen LogP contribution in [0.2, 0.25) is 0 Å². The van der Waals surface area contributed by atoms with Gasteiger partial charge in [0.15, 0.2) is 5.82 Å². The molecule has 1 unspecified atom stereocenters. The topological polar surface area (TPSA) is 54.2 Å². The molecule has 7 heteroatoms. The lowest BCUT2D eigenvalue weighted by molar-refractivity contribution is 0.323. The molecule has 5 nitrogen and oxygen atoms in total. The third-order valence-electron chi connectivity index (χ3n) is 3.16. The van der Waals surface area contributed by atoms with Crippen LogP contribution in [0, 0.1) is 0 Å². The predicted octanol–water partition coefficient (Wildman–Crippen LogP) is 2.22. The lowest BCUT2D eigenvalue weighted by atomic mass is 10.2. The van der Waals surface area contributed by atoms with Crippen LogP contribution in [0.1, 0.15) is 32.5 Å². The molecule has 1 heterocycles. The maximum absolute atomic E-state index is 5.25. The summed E-state index contributed by atoms with van der Waals surface area (Å²) in [6.45, 7) is 9.85. The van der Waals surface area contributed by atoms with Gasteiger partial charge in [-0.1, -0.05) is 19.0 Å². The first-order valence-corrected chi connectivity index (χ1v) is 8.13. The van der Waals surface area contributed by atoms with Crippen LogP contribution in [-0.4, -0.2) is 53.5 Å². The first-order valence-electron chi connectivity index (χ1n) is 6.98. The molecule has 1 N–H and O–H groups in total. The van der Waals surface area contributed by atoms with Crippen molar-refractivity contribution in [3.63, 3.8) is 0 Å². The van der Waals surface area contributed by atoms with Crippen LogP contribution in [0.15, 0.2) is 4.52 Å². The van der Waals surface area contributed by atoms with E-state index in [4.69, 9.17) is 4.52 Å². The van der Waals surface area contributed by atoms with Crippen molar-refractivity contribution in [2.75, 3.05) is 32.4 Å². The fourth-order valence-electron chi connectivity index (χ4n) is 1.70. The molecule has 1 rings (SSSR count). The average molecular weight is 323 g/mol. The molecule has 0 spiro atoms. The molecule has 0 amide bonds. The number of nitrogens with zero attached hydrogens (tertiary/aromatic N) is 3. The van der Waals surface area contributed by atoms with Gasteiger partial charge in [-0.15, -0.1) is 12.4 Å². The number of nitrogens with one attached hydrogen (secondary N) is 1. The first kappa shape index (κ1) is 19.7. The summed E-state index contributed by atoms with van der Waals surface area (Å²) in [5.74, 6) is 3.44. The Kier molecular flexibility index (Phi) is 11.2. The van der Waals surface area contributed by atoms with Crippen molar-refractivity contribution in [2.45, 2.75) is 39.0 Å². The van der Waals surface area contributed by atoms with Crippen LogP contribution >= 0.6 is 24.2 Å². The van der Waals surface area contributed by atoms with Crippen LogP contribution in [0.3, 0.4) is 0 Å². The summed E-state index contributed by atoms with van der Waals surface area (Å²) in [6.07, 6.45) is 0.810. The zero-order valence-electron chi connectivity index (χ0n) is 12.9. The first-order chi connectivity index (χ1) is 9.19. The highest BCUT2D eigenvalue weighted by Crippen LogP contribution is 2.11. The Morgan fingerprint density at radius 2 is 2.05 bits per heavy atom. The Morgan fingerprint density at radius 1 is 1.35 bits per heavy atom. The third kappa shape index (κ3) is 7.47. The van der Waals surface area contributed by atoms with Crippen molar-refractivity contribution in [1.29, 1.82) is 0 Å². The van der Waals surface area contributed by atoms with Crippen LogP contribution in [-0.2, 0) is 12.2 Å². The van der Waals surface area contributed by atoms with E-state index in [-0.39, 0.29) is 12.4 Å². The van der Waals surface area contributed by atoms with Gasteiger partial charge in [-0.3, -0.25) is 0 Å². The smallest absolute Gasteiger partial charge is 0.236 e. The van der Waals surface area contributed by atoms with Gasteiger partial charge in [-0.05, 0) is 27.1 Å². The normalized spacial score (nSPS) is 12.4. The molecule has 1 aromatic rings. The van der Waals surface area contributed by atoms with Gasteiger partial charge in [0.05, 0.1) is 5.75 Å². The van der Waals surface area contributed by atoms with Crippen molar-refractivity contribution in [2.24, 2.45) is 0 Å². The molecule has 0 aliphatic heterocycles. The van der Waals surface area contributed by atoms with Crippen LogP contribution in [0.5, 0.6) is 0 Å². The van der Waals surface area contributed by atoms with Crippen LogP contribution in [0.25, 0.3) is 0 Å². The predicted molar refractivity (Wildman–Crippen MR) is 87.7 cm³/mol. The largest absolute Gasteiger partial charge is 0.338 e. The van der Waals surface area contributed by atoms with Crippen LogP contribution < -0.4 is 5.32 Å². The SMILES string of the molecule is CCN(CC)CCSCc1nc(CC(C)NC)no1.Cl. The number of halogens is 1. The summed E-state index contributed by atoms with van der Waals surface area (Å²) in [5, 5.41) is 7.17. The fraction of sp³-hybridized carbons (Fsp3) is 0.846. The maximum Gasteiger partial charge on any atom is 0.236 e. The Bertz CT molecular complexity index is 347. The molecule has 0 aromatic carbocycles. The second-order valence-corrected chi connectivity index (χ2v) is 5.68. The lowest BCUT2D eigenvalue weighted by Crippen LogP contribution is -2.25. The molecule has 0 aliphatic carbocycles. The minimum Gasteiger partial charge on any atom is -0.338 e. The summed E-state index contributed by atoms with van der Waals surface area (Å²) < 4.78 is 5.25. The van der Waals surface area contributed by atoms with E-state index in [1.807, 2.05) is 18.8 Å². The lowest BCUT2D eigenvalue weighted by Gasteiger charge is -2.16. The van der Waals surface area contributed by atoms with Gasteiger partial charge < -0.3 is 14.7 Å². The summed E-state index contributed by atoms with van der Waals surface area (Å²) in [4.78, 5) is 6.82. The minimum absolute atomic E-state index is 0. The van der Waals surface area contributed by atoms with E-state index in [2.05, 4.69) is 41.1 Å². The molecule has 1 atom stereocenters. The molecule has 0 aliphatic rings. The Morgan fingerprint density at radius 3 is 2.65 bits per heavy atom. The van der Waals surface area contributed by atoms with Crippen molar-refractivity contribution in [1.82, 2.24) is 20.4 Å². The summed E-state index contributed by atoms with van der Waals surface area (Å²) >= 11 is 1.85. The van der Waals surface area contributed by atoms with E-state index in [0.717, 1.165) is 49.3 Å². The number of rotatable bonds is 10. The van der Waals surface area contributed by atoms with Gasteiger partial charge in [0.1, 0.15) is 0 Å². The van der Waals surface area contributed by atoms with Gasteiger partial charge in [-0.2, -0.15) is 16.7 Å².